The van der Waals surface area contributed by atoms with Gasteiger partial charge < -0.3 is 10.6 Å². The Balaban J connectivity index is 2.31. The van der Waals surface area contributed by atoms with E-state index in [0.717, 1.165) is 12.1 Å². The van der Waals surface area contributed by atoms with Crippen LogP contribution in [0.15, 0.2) is 24.3 Å². The molecule has 2 aromatic rings. The van der Waals surface area contributed by atoms with Crippen LogP contribution in [-0.2, 0) is 17.5 Å². The van der Waals surface area contributed by atoms with Crippen molar-refractivity contribution in [1.82, 2.24) is 15.3 Å². The van der Waals surface area contributed by atoms with Crippen molar-refractivity contribution in [3.63, 3.8) is 0 Å². The van der Waals surface area contributed by atoms with Gasteiger partial charge in [0.25, 0.3) is 5.91 Å². The highest BCUT2D eigenvalue weighted by molar-refractivity contribution is 6.29. The van der Waals surface area contributed by atoms with E-state index in [1.165, 1.54) is 19.1 Å². The molecule has 1 aromatic carbocycles. The van der Waals surface area contributed by atoms with E-state index in [2.05, 4.69) is 20.6 Å². The molecule has 6 nitrogen and oxygen atoms in total. The molecule has 0 aliphatic heterocycles. The Morgan fingerprint density at radius 1 is 1.19 bits per heavy atom. The Bertz CT molecular complexity index is 836. The van der Waals surface area contributed by atoms with Gasteiger partial charge in [-0.2, -0.15) is 13.2 Å². The number of carbonyl (C=O) groups is 2. The second kappa shape index (κ2) is 7.69. The first-order valence-electron chi connectivity index (χ1n) is 7.33. The topological polar surface area (TPSA) is 84.0 Å². The molecule has 0 unspecified atom stereocenters. The van der Waals surface area contributed by atoms with E-state index in [-0.39, 0.29) is 28.6 Å². The summed E-state index contributed by atoms with van der Waals surface area (Å²) in [6.07, 6.45) is -4.68. The van der Waals surface area contributed by atoms with Crippen molar-refractivity contribution >= 4 is 29.2 Å². The standard InChI is InChI=1S/C16H14ClF3N4O2/c1-8-22-13(17)6-14(23-8)24-15(26)10-3-4-11(7-21-9(2)25)12(5-10)16(18,19)20/h3-6H,7H2,1-2H3,(H,21,25)(H,22,23,24,26). The highest BCUT2D eigenvalue weighted by Gasteiger charge is 2.34. The van der Waals surface area contributed by atoms with Crippen LogP contribution in [0.5, 0.6) is 0 Å². The maximum atomic E-state index is 13.3. The van der Waals surface area contributed by atoms with Crippen LogP contribution in [0, 0.1) is 6.92 Å². The van der Waals surface area contributed by atoms with Gasteiger partial charge in [0.15, 0.2) is 0 Å². The predicted octanol–water partition coefficient (Wildman–Crippen LogP) is 3.35. The lowest BCUT2D eigenvalue weighted by atomic mass is 10.0. The lowest BCUT2D eigenvalue weighted by Gasteiger charge is -2.15. The van der Waals surface area contributed by atoms with Gasteiger partial charge in [0.1, 0.15) is 16.8 Å². The van der Waals surface area contributed by atoms with Gasteiger partial charge in [-0.25, -0.2) is 9.97 Å². The minimum absolute atomic E-state index is 0.0726. The Hall–Kier alpha value is -2.68. The maximum Gasteiger partial charge on any atom is 0.416 e. The number of hydrogen-bond acceptors (Lipinski definition) is 4. The van der Waals surface area contributed by atoms with Gasteiger partial charge in [0.05, 0.1) is 5.56 Å². The number of anilines is 1. The molecule has 10 heteroatoms. The third kappa shape index (κ3) is 5.16. The summed E-state index contributed by atoms with van der Waals surface area (Å²) in [5.74, 6) is -0.871. The van der Waals surface area contributed by atoms with Gasteiger partial charge in [-0.3, -0.25) is 9.59 Å². The molecule has 0 spiro atoms. The molecule has 0 saturated heterocycles. The number of carbonyl (C=O) groups excluding carboxylic acids is 2. The van der Waals surface area contributed by atoms with Crippen molar-refractivity contribution in [1.29, 1.82) is 0 Å². The number of amides is 2. The number of hydrogen-bond donors (Lipinski definition) is 2. The Morgan fingerprint density at radius 3 is 2.46 bits per heavy atom. The minimum Gasteiger partial charge on any atom is -0.352 e. The molecule has 0 radical (unpaired) electrons. The molecule has 0 saturated carbocycles. The van der Waals surface area contributed by atoms with E-state index >= 15 is 0 Å². The number of halogens is 4. The summed E-state index contributed by atoms with van der Waals surface area (Å²) in [7, 11) is 0. The lowest BCUT2D eigenvalue weighted by molar-refractivity contribution is -0.138. The number of aryl methyl sites for hydroxylation is 1. The first-order valence-corrected chi connectivity index (χ1v) is 7.71. The molecule has 1 heterocycles. The first kappa shape index (κ1) is 19.6. The number of nitrogens with zero attached hydrogens (tertiary/aromatic N) is 2. The van der Waals surface area contributed by atoms with Crippen LogP contribution in [0.1, 0.15) is 34.2 Å². The van der Waals surface area contributed by atoms with Crippen molar-refractivity contribution in [3.05, 3.63) is 51.9 Å². The SMILES string of the molecule is CC(=O)NCc1ccc(C(=O)Nc2cc(Cl)nc(C)n2)cc1C(F)(F)F. The second-order valence-electron chi connectivity index (χ2n) is 5.36. The third-order valence-corrected chi connectivity index (χ3v) is 3.45. The normalized spacial score (nSPS) is 11.2. The average Bonchev–Trinajstić information content (AvgIpc) is 2.50. The molecule has 0 fully saturated rings. The van der Waals surface area contributed by atoms with Crippen molar-refractivity contribution in [3.8, 4) is 0 Å². The third-order valence-electron chi connectivity index (χ3n) is 3.25. The molecule has 138 valence electrons. The molecule has 2 N–H and O–H groups in total. The molecular formula is C16H14ClF3N4O2. The van der Waals surface area contributed by atoms with Gasteiger partial charge in [-0.05, 0) is 24.6 Å². The number of benzene rings is 1. The zero-order valence-corrected chi connectivity index (χ0v) is 14.5. The Kier molecular flexibility index (Phi) is 5.81. The van der Waals surface area contributed by atoms with E-state index in [1.54, 1.807) is 6.92 Å². The Morgan fingerprint density at radius 2 is 1.88 bits per heavy atom. The number of nitrogens with one attached hydrogen (secondary N) is 2. The molecule has 0 atom stereocenters. The van der Waals surface area contributed by atoms with Crippen LogP contribution in [0.25, 0.3) is 0 Å². The van der Waals surface area contributed by atoms with E-state index < -0.39 is 23.6 Å². The predicted molar refractivity (Wildman–Crippen MR) is 88.7 cm³/mol. The molecule has 1 aromatic heterocycles. The zero-order valence-electron chi connectivity index (χ0n) is 13.7. The molecule has 26 heavy (non-hydrogen) atoms. The lowest BCUT2D eigenvalue weighted by Crippen LogP contribution is -2.22. The van der Waals surface area contributed by atoms with Crippen molar-refractivity contribution in [2.45, 2.75) is 26.6 Å². The van der Waals surface area contributed by atoms with Crippen molar-refractivity contribution in [2.24, 2.45) is 0 Å². The fraction of sp³-hybridized carbons (Fsp3) is 0.250. The molecule has 0 aliphatic rings. The van der Waals surface area contributed by atoms with E-state index in [1.807, 2.05) is 0 Å². The Labute approximate surface area is 151 Å². The van der Waals surface area contributed by atoms with Crippen LogP contribution in [-0.4, -0.2) is 21.8 Å². The molecule has 0 aliphatic carbocycles. The second-order valence-corrected chi connectivity index (χ2v) is 5.74. The summed E-state index contributed by atoms with van der Waals surface area (Å²) < 4.78 is 39.8. The first-order chi connectivity index (χ1) is 12.1. The summed E-state index contributed by atoms with van der Waals surface area (Å²) in [5, 5.41) is 4.77. The van der Waals surface area contributed by atoms with E-state index in [9.17, 15) is 22.8 Å². The summed E-state index contributed by atoms with van der Waals surface area (Å²) in [6, 6.07) is 4.38. The fourth-order valence-electron chi connectivity index (χ4n) is 2.14. The van der Waals surface area contributed by atoms with Gasteiger partial charge in [-0.15, -0.1) is 0 Å². The summed E-state index contributed by atoms with van der Waals surface area (Å²) >= 11 is 5.76. The van der Waals surface area contributed by atoms with Crippen molar-refractivity contribution in [2.75, 3.05) is 5.32 Å². The van der Waals surface area contributed by atoms with Crippen LogP contribution in [0.4, 0.5) is 19.0 Å². The molecule has 2 rings (SSSR count). The largest absolute Gasteiger partial charge is 0.416 e. The van der Waals surface area contributed by atoms with Crippen LogP contribution in [0.2, 0.25) is 5.15 Å². The van der Waals surface area contributed by atoms with Crippen LogP contribution >= 0.6 is 11.6 Å². The van der Waals surface area contributed by atoms with Gasteiger partial charge >= 0.3 is 6.18 Å². The zero-order chi connectivity index (χ0) is 19.5. The quantitative estimate of drug-likeness (QED) is 0.789. The molecule has 2 amide bonds. The van der Waals surface area contributed by atoms with E-state index in [4.69, 9.17) is 11.6 Å². The van der Waals surface area contributed by atoms with Gasteiger partial charge in [-0.1, -0.05) is 17.7 Å². The fourth-order valence-corrected chi connectivity index (χ4v) is 2.36. The molecular weight excluding hydrogens is 373 g/mol. The van der Waals surface area contributed by atoms with Gasteiger partial charge in [0, 0.05) is 25.1 Å². The number of alkyl halides is 3. The number of aromatic nitrogens is 2. The summed E-state index contributed by atoms with van der Waals surface area (Å²) in [4.78, 5) is 30.9. The van der Waals surface area contributed by atoms with Crippen LogP contribution in [0.3, 0.4) is 0 Å². The maximum absolute atomic E-state index is 13.3. The van der Waals surface area contributed by atoms with Crippen molar-refractivity contribution < 1.29 is 22.8 Å². The average molecular weight is 387 g/mol. The summed E-state index contributed by atoms with van der Waals surface area (Å²) in [6.45, 7) is 2.46. The van der Waals surface area contributed by atoms with E-state index in [0.29, 0.717) is 5.82 Å². The van der Waals surface area contributed by atoms with Crippen LogP contribution < -0.4 is 10.6 Å². The smallest absolute Gasteiger partial charge is 0.352 e. The van der Waals surface area contributed by atoms with Gasteiger partial charge in [0.2, 0.25) is 5.91 Å². The minimum atomic E-state index is -4.68. The monoisotopic (exact) mass is 386 g/mol. The summed E-state index contributed by atoms with van der Waals surface area (Å²) in [5.41, 5.74) is -1.36. The molecule has 0 bridgehead atoms. The highest BCUT2D eigenvalue weighted by Crippen LogP contribution is 2.33. The number of rotatable bonds is 4. The highest BCUT2D eigenvalue weighted by atomic mass is 35.5.